The normalized spacial score (nSPS) is 11.9. The van der Waals surface area contributed by atoms with Gasteiger partial charge in [0.05, 0.1) is 12.3 Å². The summed E-state index contributed by atoms with van der Waals surface area (Å²) >= 11 is 0. The van der Waals surface area contributed by atoms with Crippen LogP contribution < -0.4 is 4.74 Å². The molecule has 0 atom stereocenters. The Morgan fingerprint density at radius 2 is 1.78 bits per heavy atom. The second-order valence-corrected chi connectivity index (χ2v) is 9.78. The molecule has 0 fully saturated rings. The Labute approximate surface area is 208 Å². The van der Waals surface area contributed by atoms with Crippen LogP contribution in [0.4, 0.5) is 11.4 Å². The maximum Gasteiger partial charge on any atom is 0.303 e. The van der Waals surface area contributed by atoms with Crippen LogP contribution >= 0.6 is 0 Å². The summed E-state index contributed by atoms with van der Waals surface area (Å²) in [6, 6.07) is 15.9. The molecule has 1 heterocycles. The molecule has 0 aliphatic carbocycles. The second kappa shape index (κ2) is 10.8. The fourth-order valence-electron chi connectivity index (χ4n) is 3.86. The number of azo groups is 1. The molecular formula is C26H25N3O6S. The molecule has 186 valence electrons. The summed E-state index contributed by atoms with van der Waals surface area (Å²) in [5.74, 6) is -0.616. The van der Waals surface area contributed by atoms with Crippen LogP contribution in [0.5, 0.6) is 5.75 Å². The van der Waals surface area contributed by atoms with Crippen LogP contribution in [0.3, 0.4) is 0 Å². The lowest BCUT2D eigenvalue weighted by atomic mass is 10.1. The second-order valence-electron chi connectivity index (χ2n) is 8.39. The average molecular weight is 508 g/mol. The smallest absolute Gasteiger partial charge is 0.303 e. The molecule has 9 nitrogen and oxygen atoms in total. The number of aryl methyl sites for hydroxylation is 1. The van der Waals surface area contributed by atoms with E-state index in [1.54, 1.807) is 12.1 Å². The first kappa shape index (κ1) is 25.2. The molecule has 2 N–H and O–H groups in total. The average Bonchev–Trinajstić information content (AvgIpc) is 2.84. The minimum Gasteiger partial charge on any atom is -0.489 e. The van der Waals surface area contributed by atoms with E-state index in [4.69, 9.17) is 9.84 Å². The molecule has 0 radical (unpaired) electrons. The van der Waals surface area contributed by atoms with E-state index in [9.17, 15) is 17.8 Å². The van der Waals surface area contributed by atoms with Gasteiger partial charge in [0.15, 0.2) is 5.75 Å². The molecule has 0 saturated carbocycles. The molecular weight excluding hydrogens is 482 g/mol. The maximum absolute atomic E-state index is 12.1. The molecule has 0 unspecified atom stereocenters. The van der Waals surface area contributed by atoms with E-state index >= 15 is 0 Å². The highest BCUT2D eigenvalue weighted by molar-refractivity contribution is 7.86. The van der Waals surface area contributed by atoms with Gasteiger partial charge in [0, 0.05) is 18.0 Å². The summed E-state index contributed by atoms with van der Waals surface area (Å²) in [5, 5.41) is 19.6. The van der Waals surface area contributed by atoms with Gasteiger partial charge >= 0.3 is 5.97 Å². The number of carbonyl (C=O) groups is 1. The molecule has 36 heavy (non-hydrogen) atoms. The molecule has 3 aromatic carbocycles. The van der Waals surface area contributed by atoms with Crippen molar-refractivity contribution in [1.82, 2.24) is 4.98 Å². The zero-order chi connectivity index (χ0) is 25.7. The zero-order valence-electron chi connectivity index (χ0n) is 19.6. The van der Waals surface area contributed by atoms with Crippen molar-refractivity contribution in [2.24, 2.45) is 10.2 Å². The highest BCUT2D eigenvalue weighted by atomic mass is 32.2. The third kappa shape index (κ3) is 6.02. The van der Waals surface area contributed by atoms with Crippen molar-refractivity contribution in [2.75, 3.05) is 6.61 Å². The fourth-order valence-corrected chi connectivity index (χ4v) is 4.56. The van der Waals surface area contributed by atoms with E-state index < -0.39 is 16.1 Å². The van der Waals surface area contributed by atoms with Crippen LogP contribution in [-0.2, 0) is 14.9 Å². The summed E-state index contributed by atoms with van der Waals surface area (Å²) in [7, 11) is -4.58. The number of aromatic nitrogens is 1. The Morgan fingerprint density at radius 1 is 1.00 bits per heavy atom. The Balaban J connectivity index is 1.70. The van der Waals surface area contributed by atoms with Gasteiger partial charge in [-0.15, -0.1) is 5.11 Å². The van der Waals surface area contributed by atoms with Crippen molar-refractivity contribution >= 4 is 49.1 Å². The van der Waals surface area contributed by atoms with Gasteiger partial charge in [-0.05, 0) is 67.3 Å². The lowest BCUT2D eigenvalue weighted by Gasteiger charge is -2.13. The van der Waals surface area contributed by atoms with Gasteiger partial charge in [-0.3, -0.25) is 14.3 Å². The molecule has 0 saturated heterocycles. The number of rotatable bonds is 10. The number of nitrogens with zero attached hydrogens (tertiary/aromatic N) is 3. The van der Waals surface area contributed by atoms with Crippen molar-refractivity contribution in [2.45, 2.75) is 37.5 Å². The Bertz CT molecular complexity index is 1570. The molecule has 1 aromatic heterocycles. The van der Waals surface area contributed by atoms with Crippen LogP contribution in [-0.4, -0.2) is 35.6 Å². The molecule has 0 amide bonds. The Kier molecular flexibility index (Phi) is 7.56. The Hall–Kier alpha value is -3.89. The van der Waals surface area contributed by atoms with Gasteiger partial charge in [-0.25, -0.2) is 0 Å². The van der Waals surface area contributed by atoms with E-state index in [1.165, 1.54) is 18.3 Å². The van der Waals surface area contributed by atoms with Gasteiger partial charge in [-0.1, -0.05) is 29.8 Å². The summed E-state index contributed by atoms with van der Waals surface area (Å²) < 4.78 is 40.0. The lowest BCUT2D eigenvalue weighted by Crippen LogP contribution is -2.04. The first-order chi connectivity index (χ1) is 17.2. The molecule has 0 aliphatic rings. The van der Waals surface area contributed by atoms with Gasteiger partial charge in [-0.2, -0.15) is 13.5 Å². The maximum atomic E-state index is 12.1. The third-order valence-electron chi connectivity index (χ3n) is 5.60. The number of unbranched alkanes of at least 4 members (excludes halogenated alkanes) is 2. The van der Waals surface area contributed by atoms with Gasteiger partial charge in [0.2, 0.25) is 0 Å². The van der Waals surface area contributed by atoms with Crippen molar-refractivity contribution in [3.05, 3.63) is 66.4 Å². The number of benzene rings is 3. The first-order valence-electron chi connectivity index (χ1n) is 11.4. The van der Waals surface area contributed by atoms with E-state index in [2.05, 4.69) is 21.3 Å². The minimum absolute atomic E-state index is 0.0817. The number of aliphatic carboxylic acids is 1. The van der Waals surface area contributed by atoms with Gasteiger partial charge < -0.3 is 9.84 Å². The number of carboxylic acids is 1. The molecule has 10 heteroatoms. The number of ether oxygens (including phenoxy) is 1. The van der Waals surface area contributed by atoms with Gasteiger partial charge in [0.25, 0.3) is 10.1 Å². The van der Waals surface area contributed by atoms with Crippen LogP contribution in [0, 0.1) is 6.92 Å². The van der Waals surface area contributed by atoms with Gasteiger partial charge in [0.1, 0.15) is 16.1 Å². The topological polar surface area (TPSA) is 139 Å². The quantitative estimate of drug-likeness (QED) is 0.144. The van der Waals surface area contributed by atoms with Crippen LogP contribution in [0.15, 0.2) is 75.9 Å². The zero-order valence-corrected chi connectivity index (χ0v) is 20.4. The van der Waals surface area contributed by atoms with Crippen LogP contribution in [0.2, 0.25) is 0 Å². The number of fused-ring (bicyclic) bond motifs is 2. The molecule has 0 spiro atoms. The highest BCUT2D eigenvalue weighted by Crippen LogP contribution is 2.40. The molecule has 4 rings (SSSR count). The standard InChI is InChI=1S/C26H25N3O6S/c1-17-8-9-19-15-20(11-10-18(19)14-17)28-29-22-16-23(36(32,33)34)21-6-5-12-27-25(21)26(22)35-13-4-2-3-7-24(30)31/h5-6,8-12,14-16H,2-4,7,13H2,1H3,(H,30,31)(H,32,33,34)/b29-28+. The van der Waals surface area contributed by atoms with E-state index in [0.717, 1.165) is 16.3 Å². The minimum atomic E-state index is -4.58. The number of hydrogen-bond acceptors (Lipinski definition) is 7. The lowest BCUT2D eigenvalue weighted by molar-refractivity contribution is -0.137. The van der Waals surface area contributed by atoms with Crippen molar-refractivity contribution in [1.29, 1.82) is 0 Å². The SMILES string of the molecule is Cc1ccc2cc(/N=N/c3cc(S(=O)(=O)O)c4cccnc4c3OCCCCCC(=O)O)ccc2c1. The first-order valence-corrected chi connectivity index (χ1v) is 12.8. The third-order valence-corrected chi connectivity index (χ3v) is 6.49. The molecule has 4 aromatic rings. The van der Waals surface area contributed by atoms with E-state index in [-0.39, 0.29) is 40.3 Å². The largest absolute Gasteiger partial charge is 0.489 e. The predicted octanol–water partition coefficient (Wildman–Crippen LogP) is 6.38. The van der Waals surface area contributed by atoms with Crippen molar-refractivity contribution < 1.29 is 27.6 Å². The molecule has 0 aliphatic heterocycles. The summed E-state index contributed by atoms with van der Waals surface area (Å²) in [4.78, 5) is 14.6. The number of pyridine rings is 1. The number of carboxylic acid groups (broad SMARTS) is 1. The summed E-state index contributed by atoms with van der Waals surface area (Å²) in [5.41, 5.74) is 2.02. The highest BCUT2D eigenvalue weighted by Gasteiger charge is 2.21. The van der Waals surface area contributed by atoms with Crippen LogP contribution in [0.1, 0.15) is 31.2 Å². The summed E-state index contributed by atoms with van der Waals surface area (Å²) in [6.07, 6.45) is 3.32. The van der Waals surface area contributed by atoms with E-state index in [0.29, 0.717) is 24.9 Å². The summed E-state index contributed by atoms with van der Waals surface area (Å²) in [6.45, 7) is 2.26. The monoisotopic (exact) mass is 507 g/mol. The molecule has 0 bridgehead atoms. The van der Waals surface area contributed by atoms with Crippen molar-refractivity contribution in [3.8, 4) is 5.75 Å². The fraction of sp³-hybridized carbons (Fsp3) is 0.231. The predicted molar refractivity (Wildman–Crippen MR) is 136 cm³/mol. The van der Waals surface area contributed by atoms with Crippen molar-refractivity contribution in [3.63, 3.8) is 0 Å². The Morgan fingerprint density at radius 3 is 2.56 bits per heavy atom. The van der Waals surface area contributed by atoms with Crippen LogP contribution in [0.25, 0.3) is 21.7 Å². The number of hydrogen-bond donors (Lipinski definition) is 2. The van der Waals surface area contributed by atoms with E-state index in [1.807, 2.05) is 31.2 Å².